The van der Waals surface area contributed by atoms with Gasteiger partial charge in [-0.1, -0.05) is 26.0 Å². The predicted molar refractivity (Wildman–Crippen MR) is 125 cm³/mol. The predicted octanol–water partition coefficient (Wildman–Crippen LogP) is 3.66. The number of hydrogen-bond acceptors (Lipinski definition) is 8. The fraction of sp³-hybridized carbons (Fsp3) is 0.500. The third-order valence-corrected chi connectivity index (χ3v) is 6.59. The second-order valence-electron chi connectivity index (χ2n) is 8.74. The van der Waals surface area contributed by atoms with Gasteiger partial charge in [0, 0.05) is 22.5 Å². The summed E-state index contributed by atoms with van der Waals surface area (Å²) in [6.07, 6.45) is 0.795. The lowest BCUT2D eigenvalue weighted by molar-refractivity contribution is -0.151. The van der Waals surface area contributed by atoms with Crippen molar-refractivity contribution in [1.82, 2.24) is 5.32 Å². The van der Waals surface area contributed by atoms with E-state index in [9.17, 15) is 14.4 Å². The Morgan fingerprint density at radius 1 is 1.18 bits per heavy atom. The molecule has 1 aromatic carbocycles. The Labute approximate surface area is 200 Å². The number of esters is 2. The van der Waals surface area contributed by atoms with Gasteiger partial charge < -0.3 is 24.3 Å². The number of para-hydroxylation sites is 1. The molecule has 0 saturated carbocycles. The number of benzene rings is 1. The summed E-state index contributed by atoms with van der Waals surface area (Å²) < 4.78 is 21.8. The number of carbonyl (C=O) groups is 3. The van der Waals surface area contributed by atoms with E-state index in [2.05, 4.69) is 5.32 Å². The minimum Gasteiger partial charge on any atom is -0.493 e. The van der Waals surface area contributed by atoms with Gasteiger partial charge in [0.25, 0.3) is 0 Å². The van der Waals surface area contributed by atoms with Crippen molar-refractivity contribution in [2.45, 2.75) is 52.6 Å². The van der Waals surface area contributed by atoms with E-state index < -0.39 is 23.8 Å². The van der Waals surface area contributed by atoms with Crippen molar-refractivity contribution in [3.05, 3.63) is 46.3 Å². The summed E-state index contributed by atoms with van der Waals surface area (Å²) in [5, 5.41) is 3.26. The molecule has 0 radical (unpaired) electrons. The number of nitrogens with one attached hydrogen (secondary N) is 1. The number of carbonyl (C=O) groups excluding carboxylic acids is 3. The first-order valence-electron chi connectivity index (χ1n) is 11.4. The normalized spacial score (nSPS) is 23.0. The highest BCUT2D eigenvalue weighted by molar-refractivity contribution is 6.12. The van der Waals surface area contributed by atoms with Crippen molar-refractivity contribution in [1.29, 1.82) is 0 Å². The third-order valence-electron chi connectivity index (χ3n) is 6.59. The van der Waals surface area contributed by atoms with Gasteiger partial charge in [-0.05, 0) is 38.7 Å². The molecule has 8 heteroatoms. The lowest BCUT2D eigenvalue weighted by Gasteiger charge is -2.38. The Bertz CT molecular complexity index is 1060. The highest BCUT2D eigenvalue weighted by atomic mass is 16.5. The van der Waals surface area contributed by atoms with E-state index in [4.69, 9.17) is 18.9 Å². The monoisotopic (exact) mass is 471 g/mol. The van der Waals surface area contributed by atoms with Crippen molar-refractivity contribution >= 4 is 17.7 Å². The highest BCUT2D eigenvalue weighted by Crippen LogP contribution is 2.49. The lowest BCUT2D eigenvalue weighted by Crippen LogP contribution is -2.43. The van der Waals surface area contributed by atoms with Crippen LogP contribution in [0.3, 0.4) is 0 Å². The Morgan fingerprint density at radius 3 is 2.47 bits per heavy atom. The van der Waals surface area contributed by atoms with E-state index in [1.807, 2.05) is 20.8 Å². The number of methoxy groups -OCH3 is 3. The van der Waals surface area contributed by atoms with Crippen LogP contribution in [0, 0.1) is 11.8 Å². The molecule has 0 aromatic heterocycles. The van der Waals surface area contributed by atoms with Gasteiger partial charge in [0.05, 0.1) is 38.9 Å². The number of ketones is 1. The zero-order valence-electron chi connectivity index (χ0n) is 20.8. The number of Topliss-reactive ketones (excluding diaryl/α,β-unsaturated/α-hetero) is 1. The minimum absolute atomic E-state index is 0.263. The van der Waals surface area contributed by atoms with E-state index in [1.54, 1.807) is 25.1 Å². The molecule has 0 spiro atoms. The van der Waals surface area contributed by atoms with Crippen LogP contribution in [-0.2, 0) is 23.9 Å². The van der Waals surface area contributed by atoms with Crippen LogP contribution in [0.4, 0.5) is 0 Å². The number of ether oxygens (including phenoxy) is 4. The molecular formula is C26H33NO7. The molecule has 184 valence electrons. The maximum absolute atomic E-state index is 13.8. The molecule has 1 aliphatic heterocycles. The first kappa shape index (κ1) is 25.3. The van der Waals surface area contributed by atoms with Gasteiger partial charge in [-0.2, -0.15) is 0 Å². The van der Waals surface area contributed by atoms with Crippen molar-refractivity contribution in [2.24, 2.45) is 11.8 Å². The van der Waals surface area contributed by atoms with Gasteiger partial charge in [0.15, 0.2) is 17.3 Å². The number of hydrogen-bond donors (Lipinski definition) is 1. The Morgan fingerprint density at radius 2 is 1.88 bits per heavy atom. The standard InChI is InChI=1S/C26H33NO7/c1-8-14(3)34-26(30)20-15(4)27-17-12-13(2)19(25(29)33-7)23(28)22(17)21(20)16-10-9-11-18(31-5)24(16)32-6/h9-11,13-14,19,21,27H,8,12H2,1-7H3/t13-,14-,19+,21+/m0/s1. The molecule has 1 heterocycles. The summed E-state index contributed by atoms with van der Waals surface area (Å²) in [6, 6.07) is 5.32. The van der Waals surface area contributed by atoms with Gasteiger partial charge in [0.2, 0.25) is 0 Å². The van der Waals surface area contributed by atoms with Crippen LogP contribution in [0.1, 0.15) is 52.0 Å². The first-order chi connectivity index (χ1) is 16.2. The molecular weight excluding hydrogens is 438 g/mol. The molecule has 0 unspecified atom stereocenters. The van der Waals surface area contributed by atoms with E-state index in [-0.39, 0.29) is 17.8 Å². The van der Waals surface area contributed by atoms with Gasteiger partial charge >= 0.3 is 11.9 Å². The number of dihydropyridines is 1. The van der Waals surface area contributed by atoms with Crippen LogP contribution in [0.5, 0.6) is 11.5 Å². The molecule has 0 saturated heterocycles. The van der Waals surface area contributed by atoms with Crippen molar-refractivity contribution in [2.75, 3.05) is 21.3 Å². The lowest BCUT2D eigenvalue weighted by atomic mass is 9.69. The molecule has 1 aliphatic carbocycles. The Kier molecular flexibility index (Phi) is 7.69. The molecule has 1 aromatic rings. The van der Waals surface area contributed by atoms with E-state index in [0.717, 1.165) is 0 Å². The summed E-state index contributed by atoms with van der Waals surface area (Å²) in [7, 11) is 4.30. The van der Waals surface area contributed by atoms with Crippen molar-refractivity contribution < 1.29 is 33.3 Å². The maximum Gasteiger partial charge on any atom is 0.337 e. The van der Waals surface area contributed by atoms with Crippen molar-refractivity contribution in [3.63, 3.8) is 0 Å². The molecule has 1 N–H and O–H groups in total. The first-order valence-corrected chi connectivity index (χ1v) is 11.4. The zero-order chi connectivity index (χ0) is 25.2. The van der Waals surface area contributed by atoms with Gasteiger partial charge in [-0.25, -0.2) is 4.79 Å². The summed E-state index contributed by atoms with van der Waals surface area (Å²) in [5.74, 6) is -2.64. The molecule has 34 heavy (non-hydrogen) atoms. The van der Waals surface area contributed by atoms with E-state index in [0.29, 0.717) is 52.4 Å². The van der Waals surface area contributed by atoms with Crippen LogP contribution < -0.4 is 14.8 Å². The van der Waals surface area contributed by atoms with Crippen LogP contribution in [0.25, 0.3) is 0 Å². The molecule has 3 rings (SSSR count). The molecule has 4 atom stereocenters. The molecule has 0 fully saturated rings. The average molecular weight is 472 g/mol. The average Bonchev–Trinajstić information content (AvgIpc) is 2.81. The minimum atomic E-state index is -0.963. The number of allylic oxidation sites excluding steroid dienone is 3. The second kappa shape index (κ2) is 10.3. The largest absolute Gasteiger partial charge is 0.493 e. The Hall–Kier alpha value is -3.29. The van der Waals surface area contributed by atoms with Crippen LogP contribution in [0.2, 0.25) is 0 Å². The van der Waals surface area contributed by atoms with E-state index >= 15 is 0 Å². The summed E-state index contributed by atoms with van der Waals surface area (Å²) in [4.78, 5) is 39.8. The topological polar surface area (TPSA) is 100 Å². The summed E-state index contributed by atoms with van der Waals surface area (Å²) >= 11 is 0. The smallest absolute Gasteiger partial charge is 0.337 e. The van der Waals surface area contributed by atoms with Gasteiger partial charge in [-0.3, -0.25) is 9.59 Å². The van der Waals surface area contributed by atoms with Crippen LogP contribution >= 0.6 is 0 Å². The zero-order valence-corrected chi connectivity index (χ0v) is 20.8. The Balaban J connectivity index is 2.26. The van der Waals surface area contributed by atoms with Gasteiger partial charge in [0.1, 0.15) is 5.92 Å². The maximum atomic E-state index is 13.8. The second-order valence-corrected chi connectivity index (χ2v) is 8.74. The summed E-state index contributed by atoms with van der Waals surface area (Å²) in [5.41, 5.74) is 2.51. The van der Waals surface area contributed by atoms with Crippen LogP contribution in [-0.4, -0.2) is 45.2 Å². The quantitative estimate of drug-likeness (QED) is 0.475. The van der Waals surface area contributed by atoms with Crippen molar-refractivity contribution in [3.8, 4) is 11.5 Å². The SMILES string of the molecule is CC[C@H](C)OC(=O)C1=C(C)NC2=C(C(=O)[C@H](C(=O)OC)[C@@H](C)C2)[C@@H]1c1cccc(OC)c1OC. The fourth-order valence-electron chi connectivity index (χ4n) is 4.73. The fourth-order valence-corrected chi connectivity index (χ4v) is 4.73. The van der Waals surface area contributed by atoms with Crippen LogP contribution in [0.15, 0.2) is 40.7 Å². The molecule has 0 amide bonds. The summed E-state index contributed by atoms with van der Waals surface area (Å²) in [6.45, 7) is 7.38. The highest BCUT2D eigenvalue weighted by Gasteiger charge is 2.48. The van der Waals surface area contributed by atoms with E-state index in [1.165, 1.54) is 21.3 Å². The molecule has 8 nitrogen and oxygen atoms in total. The number of rotatable bonds is 7. The van der Waals surface area contributed by atoms with Gasteiger partial charge in [-0.15, -0.1) is 0 Å². The third kappa shape index (κ3) is 4.41. The molecule has 0 bridgehead atoms. The molecule has 2 aliphatic rings.